The Morgan fingerprint density at radius 1 is 1.33 bits per heavy atom. The van der Waals surface area contributed by atoms with E-state index in [0.717, 1.165) is 21.2 Å². The second kappa shape index (κ2) is 7.58. The van der Waals surface area contributed by atoms with Crippen LogP contribution in [0.2, 0.25) is 0 Å². The topological polar surface area (TPSA) is 78.1 Å². The number of thiophene rings is 1. The average Bonchev–Trinajstić information content (AvgIpc) is 3.42. The third-order valence-electron chi connectivity index (χ3n) is 4.50. The first-order chi connectivity index (χ1) is 13.1. The van der Waals surface area contributed by atoms with Crippen LogP contribution in [-0.2, 0) is 9.59 Å². The summed E-state index contributed by atoms with van der Waals surface area (Å²) in [4.78, 5) is 28.8. The van der Waals surface area contributed by atoms with Crippen LogP contribution in [0.1, 0.15) is 6.42 Å². The van der Waals surface area contributed by atoms with Gasteiger partial charge in [0.25, 0.3) is 0 Å². The Labute approximate surface area is 165 Å². The molecular weight excluding hydrogens is 380 g/mol. The van der Waals surface area contributed by atoms with Crippen LogP contribution in [0.3, 0.4) is 0 Å². The number of thioether (sulfide) groups is 1. The van der Waals surface area contributed by atoms with Crippen molar-refractivity contribution in [3.8, 4) is 10.6 Å². The number of H-pyrrole nitrogens is 1. The number of hydrogen-bond donors (Lipinski definition) is 2. The molecule has 1 unspecified atom stereocenters. The zero-order chi connectivity index (χ0) is 18.8. The molecule has 6 nitrogen and oxygen atoms in total. The Kier molecular flexibility index (Phi) is 5.00. The molecule has 1 aliphatic rings. The van der Waals surface area contributed by atoms with Crippen LogP contribution in [0.5, 0.6) is 0 Å². The average molecular weight is 399 g/mol. The van der Waals surface area contributed by atoms with Crippen LogP contribution in [0.15, 0.2) is 52.7 Å². The summed E-state index contributed by atoms with van der Waals surface area (Å²) >= 11 is 3.25. The number of nitrogens with zero attached hydrogens (tertiary/aromatic N) is 2. The van der Waals surface area contributed by atoms with Gasteiger partial charge in [-0.1, -0.05) is 6.07 Å². The molecule has 8 heteroatoms. The predicted molar refractivity (Wildman–Crippen MR) is 109 cm³/mol. The smallest absolute Gasteiger partial charge is 0.231 e. The maximum absolute atomic E-state index is 12.6. The van der Waals surface area contributed by atoms with E-state index in [4.69, 9.17) is 0 Å². The van der Waals surface area contributed by atoms with E-state index in [0.29, 0.717) is 12.4 Å². The van der Waals surface area contributed by atoms with Crippen molar-refractivity contribution in [2.24, 2.45) is 5.92 Å². The van der Waals surface area contributed by atoms with Crippen LogP contribution in [0, 0.1) is 5.92 Å². The van der Waals surface area contributed by atoms with Gasteiger partial charge in [0.1, 0.15) is 0 Å². The number of amides is 2. The lowest BCUT2D eigenvalue weighted by atomic mass is 10.1. The number of benzene rings is 1. The molecule has 0 radical (unpaired) electrons. The lowest BCUT2D eigenvalue weighted by Gasteiger charge is -2.16. The molecular formula is C19H18N4O2S2. The Bertz CT molecular complexity index is 951. The highest BCUT2D eigenvalue weighted by molar-refractivity contribution is 7.98. The SMILES string of the molecule is CSc1ccc(N2CC(C(=O)Nc3cc(-c4cccs4)[nH]n3)CC2=O)cc1. The van der Waals surface area contributed by atoms with Gasteiger partial charge in [-0.05, 0) is 42.0 Å². The van der Waals surface area contributed by atoms with Gasteiger partial charge in [-0.2, -0.15) is 5.10 Å². The highest BCUT2D eigenvalue weighted by atomic mass is 32.2. The van der Waals surface area contributed by atoms with Crippen molar-refractivity contribution in [3.05, 3.63) is 47.8 Å². The summed E-state index contributed by atoms with van der Waals surface area (Å²) in [6.07, 6.45) is 2.22. The summed E-state index contributed by atoms with van der Waals surface area (Å²) in [7, 11) is 0. The zero-order valence-electron chi connectivity index (χ0n) is 14.6. The van der Waals surface area contributed by atoms with Crippen molar-refractivity contribution >= 4 is 46.4 Å². The standard InChI is InChI=1S/C19H18N4O2S2/c1-26-14-6-4-13(5-7-14)23-11-12(9-18(23)24)19(25)20-17-10-15(21-22-17)16-3-2-8-27-16/h2-8,10,12H,9,11H2,1H3,(H2,20,21,22,25). The van der Waals surface area contributed by atoms with Crippen LogP contribution in [0.4, 0.5) is 11.5 Å². The van der Waals surface area contributed by atoms with Gasteiger partial charge in [0.05, 0.1) is 16.5 Å². The van der Waals surface area contributed by atoms with Crippen molar-refractivity contribution in [1.82, 2.24) is 10.2 Å². The largest absolute Gasteiger partial charge is 0.312 e. The molecule has 0 spiro atoms. The predicted octanol–water partition coefficient (Wildman–Crippen LogP) is 3.85. The Hall–Kier alpha value is -2.58. The molecule has 3 aromatic rings. The molecule has 2 amide bonds. The third kappa shape index (κ3) is 3.77. The second-order valence-electron chi connectivity index (χ2n) is 6.24. The van der Waals surface area contributed by atoms with E-state index in [9.17, 15) is 9.59 Å². The minimum atomic E-state index is -0.389. The van der Waals surface area contributed by atoms with E-state index in [1.54, 1.807) is 34.1 Å². The van der Waals surface area contributed by atoms with Gasteiger partial charge in [-0.15, -0.1) is 23.1 Å². The van der Waals surface area contributed by atoms with Crippen LogP contribution in [-0.4, -0.2) is 34.8 Å². The van der Waals surface area contributed by atoms with Crippen molar-refractivity contribution in [2.75, 3.05) is 23.0 Å². The van der Waals surface area contributed by atoms with Crippen LogP contribution in [0.25, 0.3) is 10.6 Å². The summed E-state index contributed by atoms with van der Waals surface area (Å²) in [6, 6.07) is 13.6. The molecule has 3 heterocycles. The molecule has 1 fully saturated rings. The third-order valence-corrected chi connectivity index (χ3v) is 6.14. The maximum atomic E-state index is 12.6. The minimum absolute atomic E-state index is 0.0339. The minimum Gasteiger partial charge on any atom is -0.312 e. The maximum Gasteiger partial charge on any atom is 0.231 e. The molecule has 2 aromatic heterocycles. The number of rotatable bonds is 5. The number of aromatic nitrogens is 2. The van der Waals surface area contributed by atoms with Gasteiger partial charge in [-0.25, -0.2) is 0 Å². The molecule has 1 saturated heterocycles. The summed E-state index contributed by atoms with van der Waals surface area (Å²) in [6.45, 7) is 0.380. The van der Waals surface area contributed by atoms with Gasteiger partial charge in [0.2, 0.25) is 11.8 Å². The quantitative estimate of drug-likeness (QED) is 0.640. The summed E-state index contributed by atoms with van der Waals surface area (Å²) in [5.74, 6) is -0.137. The summed E-state index contributed by atoms with van der Waals surface area (Å²) in [5.41, 5.74) is 1.69. The van der Waals surface area contributed by atoms with E-state index in [2.05, 4.69) is 15.5 Å². The lowest BCUT2D eigenvalue weighted by molar-refractivity contribution is -0.122. The summed E-state index contributed by atoms with van der Waals surface area (Å²) < 4.78 is 0. The lowest BCUT2D eigenvalue weighted by Crippen LogP contribution is -2.28. The fourth-order valence-corrected chi connectivity index (χ4v) is 4.17. The Balaban J connectivity index is 1.41. The molecule has 27 heavy (non-hydrogen) atoms. The first-order valence-electron chi connectivity index (χ1n) is 8.48. The monoisotopic (exact) mass is 398 g/mol. The van der Waals surface area contributed by atoms with Gasteiger partial charge in [0.15, 0.2) is 5.82 Å². The fourth-order valence-electron chi connectivity index (χ4n) is 3.07. The van der Waals surface area contributed by atoms with Crippen molar-refractivity contribution in [1.29, 1.82) is 0 Å². The first-order valence-corrected chi connectivity index (χ1v) is 10.6. The molecule has 138 valence electrons. The van der Waals surface area contributed by atoms with Crippen molar-refractivity contribution < 1.29 is 9.59 Å². The number of nitrogens with one attached hydrogen (secondary N) is 2. The van der Waals surface area contributed by atoms with Gasteiger partial charge >= 0.3 is 0 Å². The van der Waals surface area contributed by atoms with E-state index in [1.165, 1.54) is 0 Å². The van der Waals surface area contributed by atoms with E-state index in [-0.39, 0.29) is 24.2 Å². The van der Waals surface area contributed by atoms with Crippen LogP contribution < -0.4 is 10.2 Å². The molecule has 1 aromatic carbocycles. The highest BCUT2D eigenvalue weighted by Gasteiger charge is 2.35. The molecule has 0 aliphatic carbocycles. The van der Waals surface area contributed by atoms with E-state index < -0.39 is 0 Å². The van der Waals surface area contributed by atoms with Gasteiger partial charge in [0, 0.05) is 29.6 Å². The normalized spacial score (nSPS) is 16.7. The van der Waals surface area contributed by atoms with Crippen molar-refractivity contribution in [2.45, 2.75) is 11.3 Å². The first kappa shape index (κ1) is 17.8. The number of aromatic amines is 1. The fraction of sp³-hybridized carbons (Fsp3) is 0.211. The second-order valence-corrected chi connectivity index (χ2v) is 8.06. The van der Waals surface area contributed by atoms with E-state index >= 15 is 0 Å². The Morgan fingerprint density at radius 3 is 2.85 bits per heavy atom. The molecule has 1 atom stereocenters. The molecule has 0 bridgehead atoms. The summed E-state index contributed by atoms with van der Waals surface area (Å²) in [5, 5.41) is 11.9. The number of hydrogen-bond acceptors (Lipinski definition) is 5. The molecule has 0 saturated carbocycles. The molecule has 2 N–H and O–H groups in total. The Morgan fingerprint density at radius 2 is 2.15 bits per heavy atom. The highest BCUT2D eigenvalue weighted by Crippen LogP contribution is 2.28. The van der Waals surface area contributed by atoms with Crippen LogP contribution >= 0.6 is 23.1 Å². The molecule has 1 aliphatic heterocycles. The molecule has 4 rings (SSSR count). The number of carbonyl (C=O) groups is 2. The van der Waals surface area contributed by atoms with E-state index in [1.807, 2.05) is 48.0 Å². The van der Waals surface area contributed by atoms with Crippen molar-refractivity contribution in [3.63, 3.8) is 0 Å². The number of carbonyl (C=O) groups excluding carboxylic acids is 2. The van der Waals surface area contributed by atoms with Gasteiger partial charge < -0.3 is 10.2 Å². The van der Waals surface area contributed by atoms with Gasteiger partial charge in [-0.3, -0.25) is 14.7 Å². The zero-order valence-corrected chi connectivity index (χ0v) is 16.3. The number of anilines is 2.